The van der Waals surface area contributed by atoms with Crippen LogP contribution in [0.15, 0.2) is 54.6 Å². The first-order chi connectivity index (χ1) is 13.1. The lowest BCUT2D eigenvalue weighted by Crippen LogP contribution is -2.41. The lowest BCUT2D eigenvalue weighted by atomic mass is 10.1. The van der Waals surface area contributed by atoms with Crippen LogP contribution in [0.4, 0.5) is 0 Å². The Kier molecular flexibility index (Phi) is 5.16. The Labute approximate surface area is 167 Å². The second-order valence-corrected chi connectivity index (χ2v) is 7.03. The number of halogens is 2. The normalized spacial score (nSPS) is 14.4. The lowest BCUT2D eigenvalue weighted by molar-refractivity contribution is 0.0297. The SMILES string of the molecule is O=C(c1cc(-c2ccccc2Cl)nn1-c1ccc(Cl)cc1)N1CCOCC1. The van der Waals surface area contributed by atoms with E-state index in [1.165, 1.54) is 0 Å². The van der Waals surface area contributed by atoms with Gasteiger partial charge in [-0.3, -0.25) is 4.79 Å². The maximum Gasteiger partial charge on any atom is 0.272 e. The number of carbonyl (C=O) groups excluding carboxylic acids is 1. The van der Waals surface area contributed by atoms with Gasteiger partial charge in [-0.1, -0.05) is 41.4 Å². The average Bonchev–Trinajstić information content (AvgIpc) is 3.14. The van der Waals surface area contributed by atoms with Gasteiger partial charge in [-0.15, -0.1) is 0 Å². The third-order valence-corrected chi connectivity index (χ3v) is 5.03. The molecule has 0 spiro atoms. The van der Waals surface area contributed by atoms with Gasteiger partial charge >= 0.3 is 0 Å². The average molecular weight is 402 g/mol. The Balaban J connectivity index is 1.81. The molecule has 5 nitrogen and oxygen atoms in total. The number of hydrogen-bond donors (Lipinski definition) is 0. The molecular formula is C20H17Cl2N3O2. The number of amides is 1. The zero-order valence-corrected chi connectivity index (χ0v) is 16.0. The molecule has 138 valence electrons. The molecule has 1 aliphatic rings. The van der Waals surface area contributed by atoms with E-state index in [0.717, 1.165) is 11.3 Å². The van der Waals surface area contributed by atoms with E-state index in [-0.39, 0.29) is 5.91 Å². The molecule has 0 saturated carbocycles. The Bertz CT molecular complexity index is 964. The van der Waals surface area contributed by atoms with E-state index in [1.54, 1.807) is 27.8 Å². The minimum absolute atomic E-state index is 0.0842. The fourth-order valence-electron chi connectivity index (χ4n) is 3.04. The standard InChI is InChI=1S/C20H17Cl2N3O2/c21-14-5-7-15(8-6-14)25-19(20(26)24-9-11-27-12-10-24)13-18(23-25)16-3-1-2-4-17(16)22/h1-8,13H,9-12H2. The van der Waals surface area contributed by atoms with Crippen LogP contribution in [0.25, 0.3) is 16.9 Å². The maximum atomic E-state index is 13.1. The molecule has 0 atom stereocenters. The maximum absolute atomic E-state index is 13.1. The Hall–Kier alpha value is -2.34. The van der Waals surface area contributed by atoms with Crippen molar-refractivity contribution in [2.24, 2.45) is 0 Å². The Morgan fingerprint density at radius 3 is 2.41 bits per heavy atom. The first-order valence-electron chi connectivity index (χ1n) is 8.61. The van der Waals surface area contributed by atoms with Crippen LogP contribution < -0.4 is 0 Å². The van der Waals surface area contributed by atoms with Gasteiger partial charge < -0.3 is 9.64 Å². The van der Waals surface area contributed by atoms with Crippen LogP contribution in [-0.2, 0) is 4.74 Å². The summed E-state index contributed by atoms with van der Waals surface area (Å²) in [5.74, 6) is -0.0842. The van der Waals surface area contributed by atoms with Gasteiger partial charge in [0, 0.05) is 23.7 Å². The monoisotopic (exact) mass is 401 g/mol. The van der Waals surface area contributed by atoms with Crippen molar-refractivity contribution in [3.8, 4) is 16.9 Å². The van der Waals surface area contributed by atoms with Gasteiger partial charge in [-0.25, -0.2) is 4.68 Å². The summed E-state index contributed by atoms with van der Waals surface area (Å²) in [6, 6.07) is 16.5. The van der Waals surface area contributed by atoms with Crippen LogP contribution in [0.1, 0.15) is 10.5 Å². The van der Waals surface area contributed by atoms with Crippen molar-refractivity contribution in [2.45, 2.75) is 0 Å². The summed E-state index contributed by atoms with van der Waals surface area (Å²) in [5.41, 5.74) is 2.67. The molecule has 7 heteroatoms. The number of aromatic nitrogens is 2. The summed E-state index contributed by atoms with van der Waals surface area (Å²) < 4.78 is 7.00. The molecule has 0 radical (unpaired) electrons. The summed E-state index contributed by atoms with van der Waals surface area (Å²) >= 11 is 12.3. The van der Waals surface area contributed by atoms with Crippen LogP contribution in [0.2, 0.25) is 10.0 Å². The summed E-state index contributed by atoms with van der Waals surface area (Å²) in [5, 5.41) is 5.88. The minimum atomic E-state index is -0.0842. The number of nitrogens with zero attached hydrogens (tertiary/aromatic N) is 3. The molecule has 1 amide bonds. The Morgan fingerprint density at radius 1 is 1.00 bits per heavy atom. The third kappa shape index (κ3) is 3.72. The van der Waals surface area contributed by atoms with Gasteiger partial charge in [0.05, 0.1) is 29.6 Å². The quantitative estimate of drug-likeness (QED) is 0.656. The van der Waals surface area contributed by atoms with Crippen molar-refractivity contribution >= 4 is 29.1 Å². The van der Waals surface area contributed by atoms with Crippen molar-refractivity contribution in [1.29, 1.82) is 0 Å². The third-order valence-electron chi connectivity index (χ3n) is 4.45. The largest absolute Gasteiger partial charge is 0.378 e. The highest BCUT2D eigenvalue weighted by molar-refractivity contribution is 6.33. The Morgan fingerprint density at radius 2 is 1.70 bits per heavy atom. The van der Waals surface area contributed by atoms with Gasteiger partial charge in [0.2, 0.25) is 0 Å². The molecule has 4 rings (SSSR count). The first-order valence-corrected chi connectivity index (χ1v) is 9.37. The molecular weight excluding hydrogens is 385 g/mol. The van der Waals surface area contributed by atoms with E-state index in [1.807, 2.05) is 36.4 Å². The highest BCUT2D eigenvalue weighted by Crippen LogP contribution is 2.29. The van der Waals surface area contributed by atoms with Crippen molar-refractivity contribution < 1.29 is 9.53 Å². The van der Waals surface area contributed by atoms with Gasteiger partial charge in [0.1, 0.15) is 5.69 Å². The number of benzene rings is 2. The molecule has 0 aliphatic carbocycles. The summed E-state index contributed by atoms with van der Waals surface area (Å²) in [6.45, 7) is 2.20. The van der Waals surface area contributed by atoms with Crippen LogP contribution in [0, 0.1) is 0 Å². The number of morpholine rings is 1. The second-order valence-electron chi connectivity index (χ2n) is 6.19. The molecule has 1 saturated heterocycles. The fourth-order valence-corrected chi connectivity index (χ4v) is 3.40. The smallest absolute Gasteiger partial charge is 0.272 e. The van der Waals surface area contributed by atoms with Crippen LogP contribution in [0.3, 0.4) is 0 Å². The zero-order valence-electron chi connectivity index (χ0n) is 14.4. The molecule has 27 heavy (non-hydrogen) atoms. The number of carbonyl (C=O) groups is 1. The molecule has 0 bridgehead atoms. The van der Waals surface area contributed by atoms with E-state index in [0.29, 0.717) is 47.7 Å². The van der Waals surface area contributed by atoms with E-state index >= 15 is 0 Å². The van der Waals surface area contributed by atoms with Gasteiger partial charge in [0.25, 0.3) is 5.91 Å². The van der Waals surface area contributed by atoms with Crippen molar-refractivity contribution in [3.63, 3.8) is 0 Å². The predicted octanol–water partition coefficient (Wildman–Crippen LogP) is 4.32. The van der Waals surface area contributed by atoms with E-state index in [2.05, 4.69) is 5.10 Å². The number of ether oxygens (including phenoxy) is 1. The molecule has 1 aliphatic heterocycles. The number of hydrogen-bond acceptors (Lipinski definition) is 3. The fraction of sp³-hybridized carbons (Fsp3) is 0.200. The summed E-state index contributed by atoms with van der Waals surface area (Å²) in [4.78, 5) is 14.9. The topological polar surface area (TPSA) is 47.4 Å². The van der Waals surface area contributed by atoms with E-state index < -0.39 is 0 Å². The highest BCUT2D eigenvalue weighted by Gasteiger charge is 2.24. The zero-order chi connectivity index (χ0) is 18.8. The van der Waals surface area contributed by atoms with Crippen LogP contribution >= 0.6 is 23.2 Å². The first kappa shape index (κ1) is 18.0. The van der Waals surface area contributed by atoms with Crippen molar-refractivity contribution in [2.75, 3.05) is 26.3 Å². The predicted molar refractivity (Wildman–Crippen MR) is 106 cm³/mol. The molecule has 1 aromatic heterocycles. The van der Waals surface area contributed by atoms with Crippen LogP contribution in [-0.4, -0.2) is 46.9 Å². The van der Waals surface area contributed by atoms with Gasteiger partial charge in [-0.05, 0) is 36.4 Å². The molecule has 3 aromatic rings. The second kappa shape index (κ2) is 7.72. The molecule has 0 N–H and O–H groups in total. The van der Waals surface area contributed by atoms with Crippen molar-refractivity contribution in [1.82, 2.24) is 14.7 Å². The molecule has 2 aromatic carbocycles. The molecule has 2 heterocycles. The summed E-state index contributed by atoms with van der Waals surface area (Å²) in [7, 11) is 0. The van der Waals surface area contributed by atoms with E-state index in [9.17, 15) is 4.79 Å². The van der Waals surface area contributed by atoms with E-state index in [4.69, 9.17) is 27.9 Å². The number of rotatable bonds is 3. The lowest BCUT2D eigenvalue weighted by Gasteiger charge is -2.26. The van der Waals surface area contributed by atoms with Gasteiger partial charge in [-0.2, -0.15) is 5.10 Å². The highest BCUT2D eigenvalue weighted by atomic mass is 35.5. The molecule has 1 fully saturated rings. The van der Waals surface area contributed by atoms with Gasteiger partial charge in [0.15, 0.2) is 0 Å². The van der Waals surface area contributed by atoms with Crippen molar-refractivity contribution in [3.05, 3.63) is 70.3 Å². The summed E-state index contributed by atoms with van der Waals surface area (Å²) in [6.07, 6.45) is 0. The molecule has 0 unspecified atom stereocenters. The van der Waals surface area contributed by atoms with Crippen LogP contribution in [0.5, 0.6) is 0 Å². The minimum Gasteiger partial charge on any atom is -0.378 e.